The fourth-order valence-electron chi connectivity index (χ4n) is 3.22. The quantitative estimate of drug-likeness (QED) is 0.303. The summed E-state index contributed by atoms with van der Waals surface area (Å²) in [5, 5.41) is 15.0. The average molecular weight is 479 g/mol. The third-order valence-corrected chi connectivity index (χ3v) is 7.03. The van der Waals surface area contributed by atoms with E-state index in [-0.39, 0.29) is 23.0 Å². The molecule has 0 aliphatic heterocycles. The fraction of sp³-hybridized carbons (Fsp3) is 0.160. The fourth-order valence-corrected chi connectivity index (χ4v) is 5.12. The van der Waals surface area contributed by atoms with Crippen molar-refractivity contribution in [1.29, 1.82) is 0 Å². The van der Waals surface area contributed by atoms with Crippen LogP contribution in [0.3, 0.4) is 0 Å². The number of carbonyl (C=O) groups excluding carboxylic acids is 1. The van der Waals surface area contributed by atoms with Crippen LogP contribution in [0.15, 0.2) is 89.3 Å². The Bertz CT molecular complexity index is 1130. The van der Waals surface area contributed by atoms with Crippen LogP contribution in [0.1, 0.15) is 29.7 Å². The number of amides is 1. The van der Waals surface area contributed by atoms with Gasteiger partial charge in [-0.3, -0.25) is 4.79 Å². The lowest BCUT2D eigenvalue weighted by molar-refractivity contribution is -0.120. The highest BCUT2D eigenvalue weighted by molar-refractivity contribution is 8.02. The summed E-state index contributed by atoms with van der Waals surface area (Å²) in [7, 11) is 0. The van der Waals surface area contributed by atoms with Crippen molar-refractivity contribution in [3.8, 4) is 0 Å². The summed E-state index contributed by atoms with van der Waals surface area (Å²) in [4.78, 5) is 13.0. The van der Waals surface area contributed by atoms with E-state index >= 15 is 0 Å². The molecule has 0 aliphatic rings. The van der Waals surface area contributed by atoms with Gasteiger partial charge in [0.2, 0.25) is 11.0 Å². The Kier molecular flexibility index (Phi) is 7.70. The summed E-state index contributed by atoms with van der Waals surface area (Å²) in [6, 6.07) is 25.9. The molecule has 3 aromatic carbocycles. The van der Waals surface area contributed by atoms with Crippen LogP contribution in [0.25, 0.3) is 0 Å². The molecule has 2 N–H and O–H groups in total. The van der Waals surface area contributed by atoms with Crippen molar-refractivity contribution in [3.63, 3.8) is 0 Å². The van der Waals surface area contributed by atoms with Gasteiger partial charge in [0.25, 0.3) is 0 Å². The highest BCUT2D eigenvalue weighted by Crippen LogP contribution is 2.30. The number of nitrogens with zero attached hydrogens (tertiary/aromatic N) is 2. The predicted molar refractivity (Wildman–Crippen MR) is 132 cm³/mol. The van der Waals surface area contributed by atoms with E-state index in [2.05, 4.69) is 20.8 Å². The molecular weight excluding hydrogens is 455 g/mol. The Morgan fingerprint density at radius 2 is 1.55 bits per heavy atom. The van der Waals surface area contributed by atoms with E-state index < -0.39 is 0 Å². The first-order valence-corrected chi connectivity index (χ1v) is 12.2. The Balaban J connectivity index is 1.37. The molecule has 33 heavy (non-hydrogen) atoms. The van der Waals surface area contributed by atoms with E-state index in [9.17, 15) is 9.18 Å². The molecule has 0 aliphatic carbocycles. The van der Waals surface area contributed by atoms with Gasteiger partial charge in [0.15, 0.2) is 4.34 Å². The largest absolute Gasteiger partial charge is 0.356 e. The zero-order chi connectivity index (χ0) is 23.0. The van der Waals surface area contributed by atoms with Crippen molar-refractivity contribution in [3.05, 3.63) is 107 Å². The van der Waals surface area contributed by atoms with Crippen LogP contribution < -0.4 is 10.6 Å². The molecule has 168 valence electrons. The number of carbonyl (C=O) groups is 1. The first kappa shape index (κ1) is 22.9. The van der Waals surface area contributed by atoms with Gasteiger partial charge in [0.05, 0.1) is 11.3 Å². The number of benzene rings is 3. The number of nitrogens with one attached hydrogen (secondary N) is 2. The zero-order valence-electron chi connectivity index (χ0n) is 17.9. The maximum atomic E-state index is 13.0. The highest BCUT2D eigenvalue weighted by atomic mass is 32.2. The lowest BCUT2D eigenvalue weighted by Gasteiger charge is -2.21. The van der Waals surface area contributed by atoms with E-state index in [4.69, 9.17) is 0 Å². The molecule has 4 rings (SSSR count). The molecule has 0 bridgehead atoms. The van der Waals surface area contributed by atoms with Gasteiger partial charge in [-0.2, -0.15) is 0 Å². The minimum atomic E-state index is -0.349. The SMILES string of the molecule is CC(Sc1nnc(NCc2ccc(F)cc2)s1)C(=O)NC(c1ccccc1)c1ccccc1. The van der Waals surface area contributed by atoms with Gasteiger partial charge in [-0.05, 0) is 35.7 Å². The van der Waals surface area contributed by atoms with Gasteiger partial charge >= 0.3 is 0 Å². The van der Waals surface area contributed by atoms with Crippen molar-refractivity contribution in [1.82, 2.24) is 15.5 Å². The van der Waals surface area contributed by atoms with Crippen molar-refractivity contribution in [2.45, 2.75) is 29.1 Å². The molecule has 8 heteroatoms. The van der Waals surface area contributed by atoms with E-state index in [1.165, 1.54) is 35.2 Å². The number of hydrogen-bond donors (Lipinski definition) is 2. The monoisotopic (exact) mass is 478 g/mol. The van der Waals surface area contributed by atoms with E-state index in [0.29, 0.717) is 16.0 Å². The second-order valence-electron chi connectivity index (χ2n) is 7.38. The Hall–Kier alpha value is -3.23. The third-order valence-electron chi connectivity index (χ3n) is 4.96. The van der Waals surface area contributed by atoms with Gasteiger partial charge in [0, 0.05) is 6.54 Å². The van der Waals surface area contributed by atoms with Crippen LogP contribution >= 0.6 is 23.1 Å². The molecule has 1 unspecified atom stereocenters. The summed E-state index contributed by atoms with van der Waals surface area (Å²) in [6.07, 6.45) is 0. The summed E-state index contributed by atoms with van der Waals surface area (Å²) in [5.74, 6) is -0.337. The first-order chi connectivity index (χ1) is 16.1. The van der Waals surface area contributed by atoms with Gasteiger partial charge in [-0.25, -0.2) is 4.39 Å². The Labute approximate surface area is 200 Å². The number of thioether (sulfide) groups is 1. The molecule has 5 nitrogen and oxygen atoms in total. The lowest BCUT2D eigenvalue weighted by Crippen LogP contribution is -2.34. The third kappa shape index (κ3) is 6.40. The van der Waals surface area contributed by atoms with Crippen molar-refractivity contribution in [2.75, 3.05) is 5.32 Å². The van der Waals surface area contributed by atoms with Gasteiger partial charge < -0.3 is 10.6 Å². The number of hydrogen-bond acceptors (Lipinski definition) is 6. The second kappa shape index (κ2) is 11.1. The Morgan fingerprint density at radius 3 is 2.15 bits per heavy atom. The molecule has 0 fully saturated rings. The Morgan fingerprint density at radius 1 is 0.939 bits per heavy atom. The van der Waals surface area contributed by atoms with Gasteiger partial charge in [-0.1, -0.05) is 95.9 Å². The first-order valence-electron chi connectivity index (χ1n) is 10.5. The van der Waals surface area contributed by atoms with Crippen LogP contribution in [-0.4, -0.2) is 21.4 Å². The predicted octanol–water partition coefficient (Wildman–Crippen LogP) is 5.68. The molecule has 4 aromatic rings. The molecule has 1 amide bonds. The van der Waals surface area contributed by atoms with E-state index in [1.807, 2.05) is 67.6 Å². The maximum absolute atomic E-state index is 13.0. The maximum Gasteiger partial charge on any atom is 0.234 e. The topological polar surface area (TPSA) is 66.9 Å². The molecule has 1 atom stereocenters. The van der Waals surface area contributed by atoms with E-state index in [1.54, 1.807) is 12.1 Å². The van der Waals surface area contributed by atoms with Crippen LogP contribution in [0, 0.1) is 5.82 Å². The smallest absolute Gasteiger partial charge is 0.234 e. The minimum absolute atomic E-state index is 0.0753. The highest BCUT2D eigenvalue weighted by Gasteiger charge is 2.22. The molecule has 1 aromatic heterocycles. The minimum Gasteiger partial charge on any atom is -0.356 e. The number of aromatic nitrogens is 2. The number of rotatable bonds is 9. The van der Waals surface area contributed by atoms with Crippen LogP contribution in [-0.2, 0) is 11.3 Å². The van der Waals surface area contributed by atoms with Crippen molar-refractivity contribution in [2.24, 2.45) is 0 Å². The lowest BCUT2D eigenvalue weighted by atomic mass is 9.98. The average Bonchev–Trinajstić information content (AvgIpc) is 3.30. The molecule has 0 radical (unpaired) electrons. The van der Waals surface area contributed by atoms with E-state index in [0.717, 1.165) is 16.7 Å². The van der Waals surface area contributed by atoms with Crippen molar-refractivity contribution < 1.29 is 9.18 Å². The summed E-state index contributed by atoms with van der Waals surface area (Å²) >= 11 is 2.76. The molecular formula is C25H23FN4OS2. The zero-order valence-corrected chi connectivity index (χ0v) is 19.6. The summed E-state index contributed by atoms with van der Waals surface area (Å²) < 4.78 is 13.7. The van der Waals surface area contributed by atoms with Crippen LogP contribution in [0.5, 0.6) is 0 Å². The molecule has 0 saturated heterocycles. The number of anilines is 1. The van der Waals surface area contributed by atoms with Crippen molar-refractivity contribution >= 4 is 34.1 Å². The summed E-state index contributed by atoms with van der Waals surface area (Å²) in [6.45, 7) is 2.38. The molecule has 0 spiro atoms. The summed E-state index contributed by atoms with van der Waals surface area (Å²) in [5.41, 5.74) is 3.00. The van der Waals surface area contributed by atoms with Crippen LogP contribution in [0.4, 0.5) is 9.52 Å². The molecule has 0 saturated carbocycles. The van der Waals surface area contributed by atoms with Crippen LogP contribution in [0.2, 0.25) is 0 Å². The number of halogens is 1. The normalized spacial score (nSPS) is 11.8. The standard InChI is InChI=1S/C25H23FN4OS2/c1-17(32-25-30-29-24(33-25)27-16-18-12-14-21(26)15-13-18)23(31)28-22(19-8-4-2-5-9-19)20-10-6-3-7-11-20/h2-15,17,22H,16H2,1H3,(H,27,29)(H,28,31). The van der Waals surface area contributed by atoms with Gasteiger partial charge in [0.1, 0.15) is 5.82 Å². The molecule has 1 heterocycles. The van der Waals surface area contributed by atoms with Gasteiger partial charge in [-0.15, -0.1) is 10.2 Å². The second-order valence-corrected chi connectivity index (χ2v) is 9.94.